The van der Waals surface area contributed by atoms with Crippen LogP contribution in [0.25, 0.3) is 22.1 Å². The highest BCUT2D eigenvalue weighted by Crippen LogP contribution is 2.40. The van der Waals surface area contributed by atoms with Gasteiger partial charge < -0.3 is 14.3 Å². The van der Waals surface area contributed by atoms with Crippen LogP contribution < -0.4 is 10.4 Å². The maximum Gasteiger partial charge on any atom is 0.351 e. The van der Waals surface area contributed by atoms with Crippen LogP contribution >= 0.6 is 31.9 Å². The first-order chi connectivity index (χ1) is 14.9. The first-order valence-corrected chi connectivity index (χ1v) is 10.5. The molecule has 0 aliphatic heterocycles. The molecular weight excluding hydrogens is 532 g/mol. The first-order valence-electron chi connectivity index (χ1n) is 8.92. The van der Waals surface area contributed by atoms with E-state index >= 15 is 0 Å². The fourth-order valence-electron chi connectivity index (χ4n) is 3.10. The highest BCUT2D eigenvalue weighted by Gasteiger charge is 2.22. The lowest BCUT2D eigenvalue weighted by Crippen LogP contribution is -2.14. The van der Waals surface area contributed by atoms with Crippen molar-refractivity contribution in [2.75, 3.05) is 0 Å². The van der Waals surface area contributed by atoms with Crippen molar-refractivity contribution in [1.29, 1.82) is 0 Å². The Morgan fingerprint density at radius 2 is 1.58 bits per heavy atom. The average Bonchev–Trinajstić information content (AvgIpc) is 2.77. The Morgan fingerprint density at radius 1 is 0.903 bits per heavy atom. The summed E-state index contributed by atoms with van der Waals surface area (Å²) < 4.78 is 11.7. The lowest BCUT2D eigenvalue weighted by Gasteiger charge is -2.13. The molecule has 0 unspecified atom stereocenters. The van der Waals surface area contributed by atoms with Crippen molar-refractivity contribution >= 4 is 54.8 Å². The summed E-state index contributed by atoms with van der Waals surface area (Å²) in [5.41, 5.74) is 0.225. The van der Waals surface area contributed by atoms with Crippen LogP contribution in [0.5, 0.6) is 5.75 Å². The number of carboxylic acids is 1. The third-order valence-corrected chi connectivity index (χ3v) is 6.48. The highest BCUT2D eigenvalue weighted by molar-refractivity contribution is 9.13. The predicted octanol–water partition coefficient (Wildman–Crippen LogP) is 5.90. The summed E-state index contributed by atoms with van der Waals surface area (Å²) >= 11 is 6.67. The minimum absolute atomic E-state index is 0.0359. The molecule has 0 amide bonds. The molecule has 0 spiro atoms. The van der Waals surface area contributed by atoms with Gasteiger partial charge >= 0.3 is 17.6 Å². The summed E-state index contributed by atoms with van der Waals surface area (Å²) in [6, 6.07) is 19.1. The molecule has 0 bridgehead atoms. The lowest BCUT2D eigenvalue weighted by molar-refractivity contribution is 0.0688. The summed E-state index contributed by atoms with van der Waals surface area (Å²) in [4.78, 5) is 36.5. The summed E-state index contributed by atoms with van der Waals surface area (Å²) in [5.74, 6) is -2.11. The minimum Gasteiger partial charge on any atom is -0.477 e. The topological polar surface area (TPSA) is 93.8 Å². The van der Waals surface area contributed by atoms with Gasteiger partial charge in [-0.05, 0) is 61.2 Å². The number of hydrogen-bond donors (Lipinski definition) is 1. The zero-order valence-electron chi connectivity index (χ0n) is 15.6. The molecule has 8 heteroatoms. The molecule has 1 aromatic heterocycles. The number of esters is 1. The number of carbonyl (C=O) groups excluding carboxylic acids is 1. The molecule has 4 aromatic rings. The van der Waals surface area contributed by atoms with Gasteiger partial charge in [-0.2, -0.15) is 0 Å². The zero-order valence-corrected chi connectivity index (χ0v) is 18.8. The number of rotatable bonds is 4. The number of benzene rings is 3. The van der Waals surface area contributed by atoms with Crippen LogP contribution in [0.15, 0.2) is 84.9 Å². The second-order valence-electron chi connectivity index (χ2n) is 6.47. The van der Waals surface area contributed by atoms with Gasteiger partial charge in [0.25, 0.3) is 0 Å². The van der Waals surface area contributed by atoms with Crippen LogP contribution in [0.4, 0.5) is 0 Å². The van der Waals surface area contributed by atoms with Crippen LogP contribution in [0.1, 0.15) is 20.7 Å². The lowest BCUT2D eigenvalue weighted by atomic mass is 10.00. The predicted molar refractivity (Wildman–Crippen MR) is 122 cm³/mol. The number of ether oxygens (including phenoxy) is 1. The van der Waals surface area contributed by atoms with Crippen LogP contribution in [0.2, 0.25) is 0 Å². The van der Waals surface area contributed by atoms with Gasteiger partial charge in [0.1, 0.15) is 5.56 Å². The summed E-state index contributed by atoms with van der Waals surface area (Å²) in [6.45, 7) is 0. The monoisotopic (exact) mass is 542 g/mol. The van der Waals surface area contributed by atoms with Crippen molar-refractivity contribution in [3.05, 3.63) is 97.2 Å². The Morgan fingerprint density at radius 3 is 2.29 bits per heavy atom. The van der Waals surface area contributed by atoms with E-state index in [0.29, 0.717) is 20.1 Å². The number of carbonyl (C=O) groups is 2. The molecular formula is C23H12Br2O6. The highest BCUT2D eigenvalue weighted by atomic mass is 79.9. The third kappa shape index (κ3) is 4.04. The smallest absolute Gasteiger partial charge is 0.351 e. The van der Waals surface area contributed by atoms with Crippen molar-refractivity contribution < 1.29 is 23.8 Å². The van der Waals surface area contributed by atoms with Gasteiger partial charge in [-0.25, -0.2) is 14.4 Å². The van der Waals surface area contributed by atoms with Gasteiger partial charge in [-0.15, -0.1) is 0 Å². The summed E-state index contributed by atoms with van der Waals surface area (Å²) in [6.07, 6.45) is 0. The average molecular weight is 544 g/mol. The van der Waals surface area contributed by atoms with E-state index in [9.17, 15) is 19.5 Å². The third-order valence-electron chi connectivity index (χ3n) is 4.53. The van der Waals surface area contributed by atoms with Gasteiger partial charge in [0.05, 0.1) is 10.0 Å². The van der Waals surface area contributed by atoms with Gasteiger partial charge in [0.15, 0.2) is 11.3 Å². The molecule has 0 fully saturated rings. The normalized spacial score (nSPS) is 10.8. The van der Waals surface area contributed by atoms with Gasteiger partial charge in [-0.3, -0.25) is 0 Å². The molecule has 31 heavy (non-hydrogen) atoms. The number of fused-ring (bicyclic) bond motifs is 1. The second-order valence-corrected chi connectivity index (χ2v) is 8.12. The van der Waals surface area contributed by atoms with E-state index in [2.05, 4.69) is 31.9 Å². The molecule has 0 aliphatic carbocycles. The molecule has 3 aromatic carbocycles. The van der Waals surface area contributed by atoms with E-state index < -0.39 is 23.1 Å². The summed E-state index contributed by atoms with van der Waals surface area (Å²) in [5, 5.41) is 9.47. The van der Waals surface area contributed by atoms with Crippen molar-refractivity contribution in [2.24, 2.45) is 0 Å². The molecule has 1 N–H and O–H groups in total. The van der Waals surface area contributed by atoms with Crippen LogP contribution in [-0.2, 0) is 0 Å². The van der Waals surface area contributed by atoms with Crippen molar-refractivity contribution in [3.8, 4) is 16.9 Å². The molecule has 154 valence electrons. The summed E-state index contributed by atoms with van der Waals surface area (Å²) in [7, 11) is 0. The van der Waals surface area contributed by atoms with Crippen molar-refractivity contribution in [2.45, 2.75) is 0 Å². The molecule has 1 heterocycles. The largest absolute Gasteiger partial charge is 0.477 e. The molecule has 0 saturated heterocycles. The molecule has 6 nitrogen and oxygen atoms in total. The Balaban J connectivity index is 1.84. The van der Waals surface area contributed by atoms with Crippen molar-refractivity contribution in [1.82, 2.24) is 0 Å². The standard InChI is InChI=1S/C23H12Br2O6/c24-17-11-13-10-16(21(26)27)23(29)30-19(13)20(18(17)25)31-22(28)15-9-5-4-8-14(15)12-6-2-1-3-7-12/h1-11H,(H,26,27). The molecule has 0 saturated carbocycles. The van der Waals surface area contributed by atoms with E-state index in [1.54, 1.807) is 24.3 Å². The molecule has 0 aliphatic rings. The van der Waals surface area contributed by atoms with Crippen LogP contribution in [0, 0.1) is 0 Å². The Kier molecular flexibility index (Phi) is 5.75. The maximum absolute atomic E-state index is 13.1. The minimum atomic E-state index is -1.41. The van der Waals surface area contributed by atoms with Gasteiger partial charge in [-0.1, -0.05) is 48.5 Å². The van der Waals surface area contributed by atoms with Gasteiger partial charge in [0.2, 0.25) is 0 Å². The fourth-order valence-corrected chi connectivity index (χ4v) is 3.90. The van der Waals surface area contributed by atoms with Crippen LogP contribution in [0.3, 0.4) is 0 Å². The Labute approximate surface area is 192 Å². The number of aromatic carboxylic acids is 1. The number of hydrogen-bond acceptors (Lipinski definition) is 5. The van der Waals surface area contributed by atoms with E-state index in [4.69, 9.17) is 9.15 Å². The zero-order chi connectivity index (χ0) is 22.1. The molecule has 4 rings (SSSR count). The van der Waals surface area contributed by atoms with Crippen LogP contribution in [-0.4, -0.2) is 17.0 Å². The second kappa shape index (κ2) is 8.49. The quantitative estimate of drug-likeness (QED) is 0.195. The fraction of sp³-hybridized carbons (Fsp3) is 0. The number of carboxylic acid groups (broad SMARTS) is 1. The SMILES string of the molecule is O=C(Oc1c(Br)c(Br)cc2cc(C(=O)O)c(=O)oc12)c1ccccc1-c1ccccc1. The molecule has 0 atom stereocenters. The molecule has 0 radical (unpaired) electrons. The van der Waals surface area contributed by atoms with E-state index in [1.165, 1.54) is 6.07 Å². The van der Waals surface area contributed by atoms with Crippen molar-refractivity contribution in [3.63, 3.8) is 0 Å². The first kappa shape index (κ1) is 21.0. The number of halogens is 2. The van der Waals surface area contributed by atoms with E-state index in [-0.39, 0.29) is 16.7 Å². The van der Waals surface area contributed by atoms with E-state index in [0.717, 1.165) is 5.56 Å². The van der Waals surface area contributed by atoms with Gasteiger partial charge in [0, 0.05) is 9.86 Å². The maximum atomic E-state index is 13.1. The van der Waals surface area contributed by atoms with E-state index in [1.807, 2.05) is 36.4 Å². The Bertz CT molecular complexity index is 1390. The Hall–Kier alpha value is -3.23.